The zero-order valence-electron chi connectivity index (χ0n) is 50.0. The molecule has 1 unspecified atom stereocenters. The number of benzene rings is 4. The third-order valence-electron chi connectivity index (χ3n) is 14.1. The van der Waals surface area contributed by atoms with Crippen molar-refractivity contribution in [2.45, 2.75) is 161 Å². The lowest BCUT2D eigenvalue weighted by molar-refractivity contribution is 0.239. The minimum absolute atomic E-state index is 0.0188. The van der Waals surface area contributed by atoms with Crippen LogP contribution in [0, 0.1) is 26.7 Å². The SMILES string of the molecule is CC.Cc1c(N)nc(Nc2ccc(N3CCC(C)CC3)cc2OC(C)C)nc1Nc1ccccc1S(=O)(=O)C(C)C.Cc1cc(Nc2nc(C)c(Cl)c(Nc3ccccc3S(=O)(=O)C(C)C)n2)c(OC(C)C)cc1C1CCCN(C)C1. The number of halogens is 1. The summed E-state index contributed by atoms with van der Waals surface area (Å²) >= 11 is 6.60. The average molecular weight is 1170 g/mol. The Morgan fingerprint density at radius 3 is 1.70 bits per heavy atom. The molecule has 20 heteroatoms. The minimum Gasteiger partial charge on any atom is -0.489 e. The maximum atomic E-state index is 13.0. The molecule has 440 valence electrons. The number of aromatic nitrogens is 4. The fourth-order valence-corrected chi connectivity index (χ4v) is 12.0. The summed E-state index contributed by atoms with van der Waals surface area (Å²) < 4.78 is 64.3. The van der Waals surface area contributed by atoms with Gasteiger partial charge in [0, 0.05) is 37.0 Å². The quantitative estimate of drug-likeness (QED) is 0.0540. The van der Waals surface area contributed by atoms with Crippen LogP contribution in [0.5, 0.6) is 11.5 Å². The summed E-state index contributed by atoms with van der Waals surface area (Å²) in [6.45, 7) is 30.8. The van der Waals surface area contributed by atoms with E-state index >= 15 is 0 Å². The van der Waals surface area contributed by atoms with E-state index in [1.165, 1.54) is 30.4 Å². The molecule has 0 radical (unpaired) electrons. The van der Waals surface area contributed by atoms with Crippen LogP contribution in [0.3, 0.4) is 0 Å². The van der Waals surface area contributed by atoms with Gasteiger partial charge in [0.2, 0.25) is 11.9 Å². The van der Waals surface area contributed by atoms with E-state index in [9.17, 15) is 16.8 Å². The monoisotopic (exact) mass is 1170 g/mol. The second-order valence-electron chi connectivity index (χ2n) is 21.9. The number of anilines is 10. The summed E-state index contributed by atoms with van der Waals surface area (Å²) in [6.07, 6.45) is 4.64. The summed E-state index contributed by atoms with van der Waals surface area (Å²) in [5.41, 5.74) is 13.3. The number of nitrogens with zero attached hydrogens (tertiary/aromatic N) is 6. The van der Waals surface area contributed by atoms with Crippen LogP contribution in [-0.2, 0) is 19.7 Å². The first kappa shape index (κ1) is 63.8. The summed E-state index contributed by atoms with van der Waals surface area (Å²) in [6, 6.07) is 23.9. The van der Waals surface area contributed by atoms with Crippen molar-refractivity contribution in [1.82, 2.24) is 24.8 Å². The highest BCUT2D eigenvalue weighted by Crippen LogP contribution is 2.40. The Hall–Kier alpha value is -6.41. The maximum Gasteiger partial charge on any atom is 0.231 e. The Labute approximate surface area is 487 Å². The number of nitrogens with one attached hydrogen (secondary N) is 4. The molecule has 0 spiro atoms. The molecule has 6 N–H and O–H groups in total. The number of hydrogen-bond donors (Lipinski definition) is 5. The molecule has 6 aromatic rings. The zero-order valence-corrected chi connectivity index (χ0v) is 52.4. The van der Waals surface area contributed by atoms with Crippen molar-refractivity contribution < 1.29 is 26.3 Å². The standard InChI is InChI=1S/C30H40ClN5O3S.C29H40N6O3S.C2H6/c1-18(2)39-26-16-23(22-11-10-14-36(7)17-22)20(5)15-25(26)34-30-32-21(6)28(31)29(35-30)33-24-12-8-9-13-27(24)40(37,38)19(3)4;1-18(2)38-25-17-22(35-15-13-20(5)14-16-35)11-12-23(25)32-29-33-27(30)21(6)28(34-29)31-24-9-7-8-10-26(24)39(36,37)19(3)4;1-2/h8-9,12-13,15-16,18-19,22H,10-11,14,17H2,1-7H3,(H2,32,33,34,35);7-12,17-20H,13-16H2,1-6H3,(H4,30,31,32,33,34);1-2H3. The second-order valence-corrected chi connectivity index (χ2v) is 27.2. The number of para-hydroxylation sites is 2. The molecule has 2 saturated heterocycles. The third-order valence-corrected chi connectivity index (χ3v) is 19.0. The predicted octanol–water partition coefficient (Wildman–Crippen LogP) is 14.1. The topological polar surface area (TPSA) is 219 Å². The van der Waals surface area contributed by atoms with E-state index in [2.05, 4.69) is 96.2 Å². The van der Waals surface area contributed by atoms with Crippen LogP contribution in [0.1, 0.15) is 130 Å². The first-order valence-electron chi connectivity index (χ1n) is 28.3. The van der Waals surface area contributed by atoms with Crippen LogP contribution in [0.15, 0.2) is 88.7 Å². The normalized spacial score (nSPS) is 15.2. The number of ether oxygens (including phenoxy) is 2. The average Bonchev–Trinajstić information content (AvgIpc) is 3.59. The van der Waals surface area contributed by atoms with Crippen molar-refractivity contribution in [2.24, 2.45) is 5.92 Å². The Balaban J connectivity index is 0.000000253. The largest absolute Gasteiger partial charge is 0.489 e. The molecular formula is C61H86ClN11O6S2. The number of aryl methyl sites for hydroxylation is 2. The number of hydrogen-bond acceptors (Lipinski definition) is 17. The first-order chi connectivity index (χ1) is 38.3. The van der Waals surface area contributed by atoms with Gasteiger partial charge in [-0.1, -0.05) is 56.6 Å². The molecule has 2 fully saturated rings. The highest BCUT2D eigenvalue weighted by Gasteiger charge is 2.27. The molecule has 1 atom stereocenters. The smallest absolute Gasteiger partial charge is 0.231 e. The van der Waals surface area contributed by atoms with Gasteiger partial charge >= 0.3 is 0 Å². The van der Waals surface area contributed by atoms with Crippen molar-refractivity contribution in [1.29, 1.82) is 0 Å². The van der Waals surface area contributed by atoms with Gasteiger partial charge in [-0.3, -0.25) is 0 Å². The molecule has 0 amide bonds. The van der Waals surface area contributed by atoms with Gasteiger partial charge in [0.25, 0.3) is 0 Å². The Bertz CT molecular complexity index is 3330. The highest BCUT2D eigenvalue weighted by atomic mass is 35.5. The number of rotatable bonds is 18. The van der Waals surface area contributed by atoms with Crippen molar-refractivity contribution in [3.05, 3.63) is 106 Å². The van der Waals surface area contributed by atoms with Crippen molar-refractivity contribution in [3.8, 4) is 11.5 Å². The summed E-state index contributed by atoms with van der Waals surface area (Å²) in [4.78, 5) is 23.5. The molecule has 17 nitrogen and oxygen atoms in total. The number of sulfone groups is 2. The number of piperidine rings is 2. The first-order valence-corrected chi connectivity index (χ1v) is 31.8. The third kappa shape index (κ3) is 16.2. The van der Waals surface area contributed by atoms with Gasteiger partial charge in [0.1, 0.15) is 28.2 Å². The predicted molar refractivity (Wildman–Crippen MR) is 334 cm³/mol. The van der Waals surface area contributed by atoms with Crippen LogP contribution in [0.25, 0.3) is 0 Å². The maximum absolute atomic E-state index is 13.0. The van der Waals surface area contributed by atoms with Crippen LogP contribution < -0.4 is 41.4 Å². The van der Waals surface area contributed by atoms with Crippen LogP contribution in [-0.4, -0.2) is 97.6 Å². The van der Waals surface area contributed by atoms with Crippen LogP contribution >= 0.6 is 11.6 Å². The van der Waals surface area contributed by atoms with E-state index in [0.29, 0.717) is 56.9 Å². The van der Waals surface area contributed by atoms with E-state index < -0.39 is 30.2 Å². The zero-order chi connectivity index (χ0) is 59.5. The number of likely N-dealkylation sites (tertiary alicyclic amines) is 1. The second kappa shape index (κ2) is 28.0. The van der Waals surface area contributed by atoms with Crippen molar-refractivity contribution >= 4 is 89.1 Å². The van der Waals surface area contributed by atoms with Gasteiger partial charge in [-0.25, -0.2) is 21.8 Å². The Kier molecular flexibility index (Phi) is 22.1. The van der Waals surface area contributed by atoms with E-state index in [-0.39, 0.29) is 33.8 Å². The van der Waals surface area contributed by atoms with Crippen LogP contribution in [0.2, 0.25) is 5.02 Å². The lowest BCUT2D eigenvalue weighted by atomic mass is 9.87. The summed E-state index contributed by atoms with van der Waals surface area (Å²) in [5, 5.41) is 12.1. The number of nitrogen functional groups attached to an aromatic ring is 1. The van der Waals surface area contributed by atoms with Gasteiger partial charge < -0.3 is 46.3 Å². The van der Waals surface area contributed by atoms with E-state index in [1.807, 2.05) is 47.6 Å². The van der Waals surface area contributed by atoms with Crippen LogP contribution in [0.4, 0.5) is 57.8 Å². The summed E-state index contributed by atoms with van der Waals surface area (Å²) in [5.74, 6) is 4.26. The van der Waals surface area contributed by atoms with E-state index in [1.54, 1.807) is 90.1 Å². The molecule has 0 aliphatic carbocycles. The lowest BCUT2D eigenvalue weighted by Crippen LogP contribution is -2.32. The fourth-order valence-electron chi connectivity index (χ4n) is 9.49. The molecule has 81 heavy (non-hydrogen) atoms. The molecule has 2 aromatic heterocycles. The molecular weight excluding hydrogens is 1080 g/mol. The van der Waals surface area contributed by atoms with E-state index in [4.69, 9.17) is 26.8 Å². The molecule has 0 bridgehead atoms. The number of likely N-dealkylation sites (N-methyl/N-ethyl adjacent to an activating group) is 1. The fraction of sp³-hybridized carbons (Fsp3) is 0.475. The van der Waals surface area contributed by atoms with Gasteiger partial charge in [0.05, 0.1) is 60.9 Å². The van der Waals surface area contributed by atoms with Gasteiger partial charge in [-0.05, 0) is 187 Å². The van der Waals surface area contributed by atoms with Crippen molar-refractivity contribution in [3.63, 3.8) is 0 Å². The highest BCUT2D eigenvalue weighted by molar-refractivity contribution is 7.92. The Morgan fingerprint density at radius 1 is 0.630 bits per heavy atom. The summed E-state index contributed by atoms with van der Waals surface area (Å²) in [7, 11) is -4.88. The Morgan fingerprint density at radius 2 is 1.15 bits per heavy atom. The van der Waals surface area contributed by atoms with Gasteiger partial charge in [0.15, 0.2) is 25.5 Å². The minimum atomic E-state index is -3.53. The number of nitrogens with two attached hydrogens (primary N) is 1. The van der Waals surface area contributed by atoms with Gasteiger partial charge in [-0.2, -0.15) is 15.0 Å². The molecule has 0 saturated carbocycles. The molecule has 2 aliphatic heterocycles. The molecule has 4 heterocycles. The van der Waals surface area contributed by atoms with Gasteiger partial charge in [-0.15, -0.1) is 0 Å². The molecule has 4 aromatic carbocycles. The van der Waals surface area contributed by atoms with Crippen molar-refractivity contribution in [2.75, 3.05) is 65.1 Å². The lowest BCUT2D eigenvalue weighted by Gasteiger charge is -2.32. The molecule has 8 rings (SSSR count). The molecule has 2 aliphatic rings. The van der Waals surface area contributed by atoms with E-state index in [0.717, 1.165) is 61.3 Å².